The number of aromatic nitrogens is 1. The first kappa shape index (κ1) is 15.1. The van der Waals surface area contributed by atoms with Crippen LogP contribution in [-0.2, 0) is 11.3 Å². The van der Waals surface area contributed by atoms with Crippen LogP contribution in [0.1, 0.15) is 10.4 Å². The first-order valence-corrected chi connectivity index (χ1v) is 7.35. The van der Waals surface area contributed by atoms with Gasteiger partial charge in [-0.1, -0.05) is 17.7 Å². The highest BCUT2D eigenvalue weighted by atomic mass is 35.5. The van der Waals surface area contributed by atoms with Gasteiger partial charge in [0.25, 0.3) is 0 Å². The molecule has 0 fully saturated rings. The van der Waals surface area contributed by atoms with Crippen molar-refractivity contribution in [2.75, 3.05) is 5.32 Å². The minimum atomic E-state index is -0.501. The number of nitrogens with one attached hydrogen (secondary N) is 1. The van der Waals surface area contributed by atoms with Crippen LogP contribution in [0.25, 0.3) is 10.9 Å². The van der Waals surface area contributed by atoms with Gasteiger partial charge >= 0.3 is 0 Å². The van der Waals surface area contributed by atoms with Crippen LogP contribution in [0.3, 0.4) is 0 Å². The Kier molecular flexibility index (Phi) is 4.04. The molecule has 3 rings (SSSR count). The molecular weight excluding hydrogens is 314 g/mol. The third-order valence-electron chi connectivity index (χ3n) is 3.50. The number of primary amides is 1. The first-order chi connectivity index (χ1) is 11.0. The van der Waals surface area contributed by atoms with Crippen molar-refractivity contribution >= 4 is 40.0 Å². The molecule has 2 amide bonds. The Labute approximate surface area is 137 Å². The summed E-state index contributed by atoms with van der Waals surface area (Å²) in [6, 6.07) is 13.9. The molecular formula is C17H14ClN3O2. The number of amides is 2. The smallest absolute Gasteiger partial charge is 0.248 e. The molecule has 0 bridgehead atoms. The second-order valence-corrected chi connectivity index (χ2v) is 5.57. The normalized spacial score (nSPS) is 10.7. The summed E-state index contributed by atoms with van der Waals surface area (Å²) in [7, 11) is 0. The van der Waals surface area contributed by atoms with Gasteiger partial charge in [-0.25, -0.2) is 0 Å². The predicted octanol–water partition coefficient (Wildman–Crippen LogP) is 3.03. The van der Waals surface area contributed by atoms with Crippen LogP contribution in [0.4, 0.5) is 5.69 Å². The highest BCUT2D eigenvalue weighted by Crippen LogP contribution is 2.20. The second kappa shape index (κ2) is 6.14. The lowest BCUT2D eigenvalue weighted by Crippen LogP contribution is -2.18. The monoisotopic (exact) mass is 327 g/mol. The van der Waals surface area contributed by atoms with Crippen molar-refractivity contribution in [3.8, 4) is 0 Å². The van der Waals surface area contributed by atoms with E-state index in [1.54, 1.807) is 24.3 Å². The molecule has 0 aliphatic carbocycles. The van der Waals surface area contributed by atoms with E-state index < -0.39 is 5.91 Å². The van der Waals surface area contributed by atoms with E-state index in [4.69, 9.17) is 17.3 Å². The quantitative estimate of drug-likeness (QED) is 0.772. The lowest BCUT2D eigenvalue weighted by Gasteiger charge is -2.08. The number of anilines is 1. The van der Waals surface area contributed by atoms with E-state index in [0.717, 1.165) is 10.9 Å². The number of nitrogens with zero attached hydrogens (tertiary/aromatic N) is 1. The SMILES string of the molecule is NC(=O)c1ccc(NC(=O)Cn2ccc3ccc(Cl)cc32)cc1. The maximum absolute atomic E-state index is 12.2. The van der Waals surface area contributed by atoms with Crippen molar-refractivity contribution in [3.05, 3.63) is 65.3 Å². The molecule has 0 saturated heterocycles. The minimum Gasteiger partial charge on any atom is -0.366 e. The van der Waals surface area contributed by atoms with Gasteiger partial charge in [-0.05, 0) is 47.9 Å². The van der Waals surface area contributed by atoms with Crippen molar-refractivity contribution in [2.24, 2.45) is 5.73 Å². The van der Waals surface area contributed by atoms with Gasteiger partial charge < -0.3 is 15.6 Å². The highest BCUT2D eigenvalue weighted by Gasteiger charge is 2.08. The Morgan fingerprint density at radius 1 is 1.09 bits per heavy atom. The summed E-state index contributed by atoms with van der Waals surface area (Å²) in [5.74, 6) is -0.673. The number of halogens is 1. The van der Waals surface area contributed by atoms with Crippen molar-refractivity contribution < 1.29 is 9.59 Å². The fraction of sp³-hybridized carbons (Fsp3) is 0.0588. The van der Waals surface area contributed by atoms with Crippen molar-refractivity contribution in [1.29, 1.82) is 0 Å². The Bertz CT molecular complexity index is 884. The summed E-state index contributed by atoms with van der Waals surface area (Å²) in [5, 5.41) is 4.43. The summed E-state index contributed by atoms with van der Waals surface area (Å²) in [4.78, 5) is 23.2. The number of benzene rings is 2. The zero-order chi connectivity index (χ0) is 16.4. The Hall–Kier alpha value is -2.79. The summed E-state index contributed by atoms with van der Waals surface area (Å²) in [6.45, 7) is 0.168. The number of nitrogens with two attached hydrogens (primary N) is 1. The lowest BCUT2D eigenvalue weighted by atomic mass is 10.2. The third-order valence-corrected chi connectivity index (χ3v) is 3.74. The van der Waals surface area contributed by atoms with E-state index in [9.17, 15) is 9.59 Å². The van der Waals surface area contributed by atoms with Crippen LogP contribution >= 0.6 is 11.6 Å². The average Bonchev–Trinajstić information content (AvgIpc) is 2.90. The number of hydrogen-bond donors (Lipinski definition) is 2. The fourth-order valence-electron chi connectivity index (χ4n) is 2.37. The predicted molar refractivity (Wildman–Crippen MR) is 90.5 cm³/mol. The van der Waals surface area contributed by atoms with E-state index in [1.807, 2.05) is 35.0 Å². The van der Waals surface area contributed by atoms with E-state index in [0.29, 0.717) is 16.3 Å². The van der Waals surface area contributed by atoms with Crippen LogP contribution < -0.4 is 11.1 Å². The van der Waals surface area contributed by atoms with Gasteiger partial charge in [0, 0.05) is 28.0 Å². The maximum Gasteiger partial charge on any atom is 0.248 e. The molecule has 0 aliphatic rings. The van der Waals surface area contributed by atoms with Crippen LogP contribution in [0.5, 0.6) is 0 Å². The largest absolute Gasteiger partial charge is 0.366 e. The number of rotatable bonds is 4. The van der Waals surface area contributed by atoms with Gasteiger partial charge in [-0.3, -0.25) is 9.59 Å². The Balaban J connectivity index is 1.73. The molecule has 116 valence electrons. The summed E-state index contributed by atoms with van der Waals surface area (Å²) in [5.41, 5.74) is 7.08. The molecule has 0 spiro atoms. The second-order valence-electron chi connectivity index (χ2n) is 5.14. The minimum absolute atomic E-state index is 0.168. The molecule has 23 heavy (non-hydrogen) atoms. The van der Waals surface area contributed by atoms with E-state index in [2.05, 4.69) is 5.32 Å². The molecule has 2 aromatic carbocycles. The highest BCUT2D eigenvalue weighted by molar-refractivity contribution is 6.31. The van der Waals surface area contributed by atoms with Crippen molar-refractivity contribution in [3.63, 3.8) is 0 Å². The van der Waals surface area contributed by atoms with E-state index in [1.165, 1.54) is 0 Å². The molecule has 1 heterocycles. The Morgan fingerprint density at radius 3 is 2.52 bits per heavy atom. The van der Waals surface area contributed by atoms with Gasteiger partial charge in [0.2, 0.25) is 11.8 Å². The molecule has 6 heteroatoms. The summed E-state index contributed by atoms with van der Waals surface area (Å²) < 4.78 is 1.83. The molecule has 0 unspecified atom stereocenters. The third kappa shape index (κ3) is 3.35. The number of carbonyl (C=O) groups excluding carboxylic acids is 2. The molecule has 3 N–H and O–H groups in total. The number of hydrogen-bond acceptors (Lipinski definition) is 2. The van der Waals surface area contributed by atoms with Crippen LogP contribution in [-0.4, -0.2) is 16.4 Å². The first-order valence-electron chi connectivity index (χ1n) is 6.97. The van der Waals surface area contributed by atoms with Crippen molar-refractivity contribution in [2.45, 2.75) is 6.54 Å². The van der Waals surface area contributed by atoms with Gasteiger partial charge in [0.1, 0.15) is 6.54 Å². The zero-order valence-electron chi connectivity index (χ0n) is 12.1. The Morgan fingerprint density at radius 2 is 1.83 bits per heavy atom. The van der Waals surface area contributed by atoms with E-state index in [-0.39, 0.29) is 12.5 Å². The van der Waals surface area contributed by atoms with Crippen molar-refractivity contribution in [1.82, 2.24) is 4.57 Å². The number of fused-ring (bicyclic) bond motifs is 1. The molecule has 0 atom stereocenters. The topological polar surface area (TPSA) is 77.1 Å². The molecule has 0 radical (unpaired) electrons. The molecule has 1 aromatic heterocycles. The van der Waals surface area contributed by atoms with Crippen LogP contribution in [0.15, 0.2) is 54.7 Å². The van der Waals surface area contributed by atoms with Gasteiger partial charge in [-0.2, -0.15) is 0 Å². The molecule has 5 nitrogen and oxygen atoms in total. The van der Waals surface area contributed by atoms with E-state index >= 15 is 0 Å². The zero-order valence-corrected chi connectivity index (χ0v) is 12.9. The average molecular weight is 328 g/mol. The molecule has 3 aromatic rings. The van der Waals surface area contributed by atoms with Crippen LogP contribution in [0.2, 0.25) is 5.02 Å². The fourth-order valence-corrected chi connectivity index (χ4v) is 2.53. The standard InChI is InChI=1S/C17H14ClN3O2/c18-13-4-1-11-7-8-21(15(11)9-13)10-16(22)20-14-5-2-12(3-6-14)17(19)23/h1-9H,10H2,(H2,19,23)(H,20,22). The van der Waals surface area contributed by atoms with Crippen LogP contribution in [0, 0.1) is 0 Å². The maximum atomic E-state index is 12.2. The molecule has 0 aliphatic heterocycles. The summed E-state index contributed by atoms with van der Waals surface area (Å²) >= 11 is 6.00. The molecule has 0 saturated carbocycles. The van der Waals surface area contributed by atoms with Gasteiger partial charge in [-0.15, -0.1) is 0 Å². The summed E-state index contributed by atoms with van der Waals surface area (Å²) in [6.07, 6.45) is 1.84. The lowest BCUT2D eigenvalue weighted by molar-refractivity contribution is -0.116. The van der Waals surface area contributed by atoms with Gasteiger partial charge in [0.05, 0.1) is 0 Å². The van der Waals surface area contributed by atoms with Gasteiger partial charge in [0.15, 0.2) is 0 Å². The number of carbonyl (C=O) groups is 2.